The Morgan fingerprint density at radius 3 is 1.17 bits per heavy atom. The average Bonchev–Trinajstić information content (AvgIpc) is 3.48. The largest absolute Gasteiger partial charge is 0.399 e. The summed E-state index contributed by atoms with van der Waals surface area (Å²) in [6, 6.07) is 56.4. The first kappa shape index (κ1) is 50.6. The van der Waals surface area contributed by atoms with E-state index in [0.717, 1.165) is 154 Å². The highest BCUT2D eigenvalue weighted by atomic mass is 16.2. The molecule has 0 aliphatic heterocycles. The third kappa shape index (κ3) is 11.7. The number of carbonyl (C=O) groups is 2. The predicted octanol–water partition coefficient (Wildman–Crippen LogP) is 11.9. The highest BCUT2D eigenvalue weighted by Gasteiger charge is 2.23. The Hall–Kier alpha value is -8.90. The van der Waals surface area contributed by atoms with Crippen LogP contribution in [0.3, 0.4) is 0 Å². The minimum atomic E-state index is -0.0756. The number of carbonyl (C=O) groups excluding carboxylic acids is 2. The minimum absolute atomic E-state index is 0.0756. The van der Waals surface area contributed by atoms with Crippen molar-refractivity contribution < 1.29 is 18.7 Å². The third-order valence-electron chi connectivity index (χ3n) is 14.2. The number of fused-ring (bicyclic) bond motifs is 4. The van der Waals surface area contributed by atoms with Gasteiger partial charge in [-0.2, -0.15) is 0 Å². The Bertz CT molecular complexity index is 3440. The van der Waals surface area contributed by atoms with Gasteiger partial charge in [0.05, 0.1) is 0 Å². The Labute approximate surface area is 444 Å². The lowest BCUT2D eigenvalue weighted by Gasteiger charge is -2.12. The quantitative estimate of drug-likeness (QED) is 0.0179. The molecular formula is C64H66N10O2+2. The molecule has 0 aliphatic rings. The summed E-state index contributed by atoms with van der Waals surface area (Å²) < 4.78 is 4.47. The normalized spacial score (nSPS) is 11.3. The van der Waals surface area contributed by atoms with E-state index in [1.54, 1.807) is 0 Å². The molecule has 0 spiro atoms. The summed E-state index contributed by atoms with van der Waals surface area (Å²) in [6.45, 7) is 7.19. The lowest BCUT2D eigenvalue weighted by molar-refractivity contribution is -0.538. The van der Waals surface area contributed by atoms with Crippen molar-refractivity contribution in [2.24, 2.45) is 0 Å². The van der Waals surface area contributed by atoms with Crippen LogP contribution in [0.15, 0.2) is 170 Å². The van der Waals surface area contributed by atoms with Gasteiger partial charge in [-0.3, -0.25) is 9.59 Å². The van der Waals surface area contributed by atoms with E-state index in [4.69, 9.17) is 21.4 Å². The van der Waals surface area contributed by atoms with Crippen molar-refractivity contribution in [1.82, 2.24) is 20.6 Å². The fourth-order valence-electron chi connectivity index (χ4n) is 10.0. The molecule has 0 bridgehead atoms. The molecule has 12 nitrogen and oxygen atoms in total. The first-order valence-corrected chi connectivity index (χ1v) is 26.6. The van der Waals surface area contributed by atoms with Gasteiger partial charge in [-0.1, -0.05) is 86.3 Å². The van der Waals surface area contributed by atoms with Gasteiger partial charge in [-0.25, -0.2) is 9.97 Å². The van der Waals surface area contributed by atoms with Gasteiger partial charge in [0, 0.05) is 109 Å². The van der Waals surface area contributed by atoms with Crippen LogP contribution >= 0.6 is 0 Å². The van der Waals surface area contributed by atoms with E-state index >= 15 is 0 Å². The van der Waals surface area contributed by atoms with Crippen LogP contribution < -0.4 is 41.9 Å². The van der Waals surface area contributed by atoms with Gasteiger partial charge in [-0.05, 0) is 122 Å². The lowest BCUT2D eigenvalue weighted by Crippen LogP contribution is -2.33. The van der Waals surface area contributed by atoms with Crippen LogP contribution in [-0.2, 0) is 0 Å². The fourth-order valence-corrected chi connectivity index (χ4v) is 10.0. The van der Waals surface area contributed by atoms with E-state index in [1.807, 2.05) is 121 Å². The first-order valence-electron chi connectivity index (χ1n) is 26.6. The number of hydrogen-bond acceptors (Lipinski definition) is 8. The molecule has 0 saturated carbocycles. The molecule has 8 N–H and O–H groups in total. The highest BCUT2D eigenvalue weighted by molar-refractivity contribution is 5.96. The van der Waals surface area contributed by atoms with Gasteiger partial charge < -0.3 is 32.7 Å². The van der Waals surface area contributed by atoms with Gasteiger partial charge in [-0.15, -0.1) is 9.13 Å². The summed E-state index contributed by atoms with van der Waals surface area (Å²) >= 11 is 0. The maximum absolute atomic E-state index is 13.0. The number of nitrogens with two attached hydrogens (primary N) is 2. The molecule has 0 atom stereocenters. The van der Waals surface area contributed by atoms with E-state index in [2.05, 4.69) is 92.8 Å². The summed E-state index contributed by atoms with van der Waals surface area (Å²) in [7, 11) is 0. The number of aryl methyl sites for hydroxylation is 2. The molecule has 12 heteroatoms. The van der Waals surface area contributed by atoms with Gasteiger partial charge in [0.25, 0.3) is 11.8 Å². The van der Waals surface area contributed by atoms with Crippen LogP contribution in [0.25, 0.3) is 66.6 Å². The highest BCUT2D eigenvalue weighted by Crippen LogP contribution is 2.28. The van der Waals surface area contributed by atoms with Gasteiger partial charge in [0.1, 0.15) is 22.1 Å². The number of para-hydroxylation sites is 2. The molecule has 76 heavy (non-hydrogen) atoms. The molecule has 2 heterocycles. The number of benzene rings is 8. The zero-order valence-corrected chi connectivity index (χ0v) is 43.4. The van der Waals surface area contributed by atoms with E-state index in [9.17, 15) is 9.59 Å². The molecule has 0 fully saturated rings. The molecule has 10 aromatic rings. The molecule has 2 aromatic heterocycles. The van der Waals surface area contributed by atoms with Gasteiger partial charge >= 0.3 is 0 Å². The topological polar surface area (TPSA) is 168 Å². The lowest BCUT2D eigenvalue weighted by atomic mass is 10.0. The van der Waals surface area contributed by atoms with Crippen LogP contribution in [0.5, 0.6) is 0 Å². The molecule has 0 unspecified atom stereocenters. The molecule has 10 rings (SSSR count). The van der Waals surface area contributed by atoms with Crippen molar-refractivity contribution in [2.45, 2.75) is 65.2 Å². The number of rotatable bonds is 21. The van der Waals surface area contributed by atoms with Crippen molar-refractivity contribution in [1.29, 1.82) is 0 Å². The van der Waals surface area contributed by atoms with E-state index in [1.165, 1.54) is 0 Å². The zero-order valence-electron chi connectivity index (χ0n) is 43.4. The van der Waals surface area contributed by atoms with Crippen LogP contribution in [0, 0.1) is 13.8 Å². The number of nitrogens with one attached hydrogen (secondary N) is 4. The van der Waals surface area contributed by atoms with E-state index in [-0.39, 0.29) is 11.8 Å². The molecule has 0 saturated heterocycles. The van der Waals surface area contributed by atoms with E-state index < -0.39 is 0 Å². The number of amides is 2. The summed E-state index contributed by atoms with van der Waals surface area (Å²) in [6.07, 6.45) is 8.00. The molecular weight excluding hydrogens is 941 g/mol. The molecule has 0 aliphatic carbocycles. The summed E-state index contributed by atoms with van der Waals surface area (Å²) in [5.74, 6) is -0.151. The van der Waals surface area contributed by atoms with Crippen molar-refractivity contribution >= 4 is 78.7 Å². The maximum atomic E-state index is 13.0. The SMILES string of the molecule is Cc1cc2nc3ccc(N)cc3[n+](-c3ccccc3)c2cc1NCCCCCCNC(=O)c1ccc(-c2ccc(C(=O)NCCCCCCNc3cc4c(cc3C)nc3ccc(N)cc3[n+]4-c3ccccc3)cc2)cc1. The van der Waals surface area contributed by atoms with Crippen molar-refractivity contribution in [2.75, 3.05) is 48.3 Å². The van der Waals surface area contributed by atoms with Gasteiger partial charge in [0.15, 0.2) is 0 Å². The average molecular weight is 1010 g/mol. The molecule has 8 aromatic carbocycles. The number of unbranched alkanes of at least 4 members (excludes halogenated alkanes) is 6. The third-order valence-corrected chi connectivity index (χ3v) is 14.2. The van der Waals surface area contributed by atoms with Gasteiger partial charge in [0.2, 0.25) is 33.4 Å². The zero-order chi connectivity index (χ0) is 52.4. The van der Waals surface area contributed by atoms with Crippen LogP contribution in [0.2, 0.25) is 0 Å². The smallest absolute Gasteiger partial charge is 0.251 e. The number of hydrogen-bond donors (Lipinski definition) is 6. The monoisotopic (exact) mass is 1010 g/mol. The molecule has 2 amide bonds. The number of nitrogens with zero attached hydrogens (tertiary/aromatic N) is 4. The number of nitrogen functional groups attached to an aromatic ring is 2. The maximum Gasteiger partial charge on any atom is 0.251 e. The van der Waals surface area contributed by atoms with Crippen LogP contribution in [0.4, 0.5) is 22.7 Å². The molecule has 0 radical (unpaired) electrons. The second kappa shape index (κ2) is 23.5. The minimum Gasteiger partial charge on any atom is -0.399 e. The summed E-state index contributed by atoms with van der Waals surface area (Å²) in [5, 5.41) is 13.5. The second-order valence-electron chi connectivity index (χ2n) is 19.7. The summed E-state index contributed by atoms with van der Waals surface area (Å²) in [4.78, 5) is 36.0. The van der Waals surface area contributed by atoms with Crippen LogP contribution in [0.1, 0.15) is 83.2 Å². The van der Waals surface area contributed by atoms with E-state index in [0.29, 0.717) is 35.6 Å². The van der Waals surface area contributed by atoms with Crippen molar-refractivity contribution in [3.8, 4) is 22.5 Å². The standard InChI is InChI=1S/C64H64N10O2/c1-43-37-57-61(73(51-17-9-7-10-18-51)59-39-49(65)29-31-53(59)71-57)41-55(43)67-33-13-3-5-15-35-69-63(75)47-25-21-45(22-26-47)46-23-27-48(28-24-46)64(76)70-36-16-6-4-14-34-68-56-42-62-58(38-44(56)2)72-54-32-30-50(66)40-60(54)74(62)52-19-11-8-12-20-52/h7-12,17-32,37-42H,3-6,13-16,33-36H2,1-2H3,(H6,65,66,67,68,69,70,75,76)/p+2. The summed E-state index contributed by atoms with van der Waals surface area (Å²) in [5.41, 5.74) is 31.3. The molecule has 382 valence electrons. The Morgan fingerprint density at radius 2 is 0.776 bits per heavy atom. The van der Waals surface area contributed by atoms with Crippen molar-refractivity contribution in [3.63, 3.8) is 0 Å². The second-order valence-corrected chi connectivity index (χ2v) is 19.7. The number of aromatic nitrogens is 4. The van der Waals surface area contributed by atoms with Crippen LogP contribution in [-0.4, -0.2) is 48.0 Å². The Balaban J connectivity index is 0.618. The Morgan fingerprint density at radius 1 is 0.408 bits per heavy atom. The first-order chi connectivity index (χ1) is 37.2. The number of anilines is 4. The van der Waals surface area contributed by atoms with Crippen molar-refractivity contribution in [3.05, 3.63) is 192 Å². The Kier molecular flexibility index (Phi) is 15.7. The fraction of sp³-hybridized carbons (Fsp3) is 0.219. The predicted molar refractivity (Wildman–Crippen MR) is 310 cm³/mol.